The van der Waals surface area contributed by atoms with E-state index >= 15 is 0 Å². The number of likely N-dealkylation sites (N-methyl/N-ethyl adjacent to an activating group) is 1. The van der Waals surface area contributed by atoms with Crippen molar-refractivity contribution in [3.8, 4) is 0 Å². The van der Waals surface area contributed by atoms with Gasteiger partial charge in [0.05, 0.1) is 5.69 Å². The van der Waals surface area contributed by atoms with Gasteiger partial charge in [-0.3, -0.25) is 9.67 Å². The zero-order valence-electron chi connectivity index (χ0n) is 14.1. The summed E-state index contributed by atoms with van der Waals surface area (Å²) >= 11 is 1.80. The van der Waals surface area contributed by atoms with Crippen LogP contribution in [0.5, 0.6) is 0 Å². The van der Waals surface area contributed by atoms with Crippen molar-refractivity contribution in [2.75, 3.05) is 20.6 Å². The average molecular weight is 319 g/mol. The Hall–Kier alpha value is -1.82. The van der Waals surface area contributed by atoms with Gasteiger partial charge in [0, 0.05) is 50.4 Å². The van der Waals surface area contributed by atoms with E-state index in [1.807, 2.05) is 25.7 Å². The summed E-state index contributed by atoms with van der Waals surface area (Å²) in [6.07, 6.45) is 1.04. The van der Waals surface area contributed by atoms with Crippen LogP contribution < -0.4 is 5.32 Å². The fourth-order valence-corrected chi connectivity index (χ4v) is 3.16. The van der Waals surface area contributed by atoms with Crippen molar-refractivity contribution in [2.24, 2.45) is 12.0 Å². The summed E-state index contributed by atoms with van der Waals surface area (Å²) in [5.74, 6) is 0.916. The molecule has 0 saturated heterocycles. The fourth-order valence-electron chi connectivity index (χ4n) is 2.46. The highest BCUT2D eigenvalue weighted by atomic mass is 32.1. The predicted octanol–water partition coefficient (Wildman–Crippen LogP) is 2.35. The van der Waals surface area contributed by atoms with E-state index in [-0.39, 0.29) is 0 Å². The number of hydrogen-bond acceptors (Lipinski definition) is 3. The number of hydrogen-bond donors (Lipinski definition) is 1. The number of aliphatic imine (C=N–C) groups is 1. The van der Waals surface area contributed by atoms with Crippen LogP contribution in [0, 0.1) is 13.8 Å². The lowest BCUT2D eigenvalue weighted by atomic mass is 10.2. The van der Waals surface area contributed by atoms with Gasteiger partial charge in [-0.05, 0) is 31.7 Å². The molecule has 5 nitrogen and oxygen atoms in total. The molecule has 0 saturated carbocycles. The molecule has 0 aromatic carbocycles. The monoisotopic (exact) mass is 319 g/mol. The SMILES string of the molecule is CN=C(NCc1c(C)nn(C)c1C)N(C)CCc1cccs1. The third-order valence-corrected chi connectivity index (χ3v) is 4.87. The van der Waals surface area contributed by atoms with Gasteiger partial charge in [0.1, 0.15) is 0 Å². The van der Waals surface area contributed by atoms with Crippen molar-refractivity contribution < 1.29 is 0 Å². The maximum Gasteiger partial charge on any atom is 0.193 e. The highest BCUT2D eigenvalue weighted by Gasteiger charge is 2.11. The van der Waals surface area contributed by atoms with Crippen molar-refractivity contribution in [3.05, 3.63) is 39.3 Å². The maximum atomic E-state index is 4.45. The second-order valence-electron chi connectivity index (χ2n) is 5.42. The number of nitrogens with zero attached hydrogens (tertiary/aromatic N) is 4. The Balaban J connectivity index is 1.91. The molecule has 0 aliphatic rings. The van der Waals surface area contributed by atoms with Crippen LogP contribution in [0.1, 0.15) is 21.8 Å². The Labute approximate surface area is 136 Å². The van der Waals surface area contributed by atoms with E-state index in [9.17, 15) is 0 Å². The first kappa shape index (κ1) is 16.5. The van der Waals surface area contributed by atoms with Crippen molar-refractivity contribution in [1.29, 1.82) is 0 Å². The molecule has 0 unspecified atom stereocenters. The first-order valence-corrected chi connectivity index (χ1v) is 8.34. The largest absolute Gasteiger partial charge is 0.352 e. The molecule has 6 heteroatoms. The van der Waals surface area contributed by atoms with Crippen molar-refractivity contribution >= 4 is 17.3 Å². The molecule has 2 aromatic heterocycles. The van der Waals surface area contributed by atoms with E-state index in [2.05, 4.69) is 51.8 Å². The Kier molecular flexibility index (Phi) is 5.60. The van der Waals surface area contributed by atoms with Crippen molar-refractivity contribution in [1.82, 2.24) is 20.0 Å². The second-order valence-corrected chi connectivity index (χ2v) is 6.46. The maximum absolute atomic E-state index is 4.45. The first-order chi connectivity index (χ1) is 10.5. The fraction of sp³-hybridized carbons (Fsp3) is 0.500. The van der Waals surface area contributed by atoms with Gasteiger partial charge in [-0.15, -0.1) is 11.3 Å². The molecule has 0 atom stereocenters. The van der Waals surface area contributed by atoms with E-state index in [4.69, 9.17) is 0 Å². The van der Waals surface area contributed by atoms with Gasteiger partial charge in [0.2, 0.25) is 0 Å². The van der Waals surface area contributed by atoms with Crippen LogP contribution >= 0.6 is 11.3 Å². The summed E-state index contributed by atoms with van der Waals surface area (Å²) in [6, 6.07) is 4.28. The number of aromatic nitrogens is 2. The van der Waals surface area contributed by atoms with E-state index < -0.39 is 0 Å². The van der Waals surface area contributed by atoms with Gasteiger partial charge < -0.3 is 10.2 Å². The summed E-state index contributed by atoms with van der Waals surface area (Å²) in [5, 5.41) is 10.0. The van der Waals surface area contributed by atoms with Gasteiger partial charge in [-0.25, -0.2) is 0 Å². The van der Waals surface area contributed by atoms with Crippen molar-refractivity contribution in [3.63, 3.8) is 0 Å². The summed E-state index contributed by atoms with van der Waals surface area (Å²) < 4.78 is 1.93. The Morgan fingerprint density at radius 1 is 1.45 bits per heavy atom. The number of nitrogens with one attached hydrogen (secondary N) is 1. The van der Waals surface area contributed by atoms with Crippen molar-refractivity contribution in [2.45, 2.75) is 26.8 Å². The number of guanidine groups is 1. The summed E-state index contributed by atoms with van der Waals surface area (Å²) in [5.41, 5.74) is 3.51. The molecule has 1 N–H and O–H groups in total. The van der Waals surface area contributed by atoms with Crippen LogP contribution in [0.2, 0.25) is 0 Å². The third-order valence-electron chi connectivity index (χ3n) is 3.93. The summed E-state index contributed by atoms with van der Waals surface area (Å²) in [6.45, 7) is 5.85. The molecule has 0 amide bonds. The van der Waals surface area contributed by atoms with Crippen LogP contribution in [0.25, 0.3) is 0 Å². The molecular formula is C16H25N5S. The van der Waals surface area contributed by atoms with Gasteiger partial charge >= 0.3 is 0 Å². The molecule has 2 rings (SSSR count). The van der Waals surface area contributed by atoms with Crippen LogP contribution in [0.3, 0.4) is 0 Å². The normalized spacial score (nSPS) is 11.8. The second kappa shape index (κ2) is 7.45. The lowest BCUT2D eigenvalue weighted by Gasteiger charge is -2.22. The van der Waals surface area contributed by atoms with Gasteiger partial charge in [0.15, 0.2) is 5.96 Å². The number of thiophene rings is 1. The van der Waals surface area contributed by atoms with Crippen LogP contribution in [-0.2, 0) is 20.0 Å². The van der Waals surface area contributed by atoms with E-state index in [0.29, 0.717) is 0 Å². The molecule has 0 bridgehead atoms. The molecule has 0 fully saturated rings. The minimum absolute atomic E-state index is 0.752. The summed E-state index contributed by atoms with van der Waals surface area (Å²) in [7, 11) is 5.88. The first-order valence-electron chi connectivity index (χ1n) is 7.46. The molecule has 0 spiro atoms. The van der Waals surface area contributed by atoms with E-state index in [1.54, 1.807) is 11.3 Å². The minimum atomic E-state index is 0.752. The highest BCUT2D eigenvalue weighted by molar-refractivity contribution is 7.09. The van der Waals surface area contributed by atoms with Gasteiger partial charge in [-0.1, -0.05) is 6.07 Å². The molecule has 2 heterocycles. The lowest BCUT2D eigenvalue weighted by Crippen LogP contribution is -2.39. The quantitative estimate of drug-likeness (QED) is 0.680. The van der Waals surface area contributed by atoms with Crippen LogP contribution in [0.15, 0.2) is 22.5 Å². The molecule has 120 valence electrons. The zero-order chi connectivity index (χ0) is 16.1. The number of rotatable bonds is 5. The molecular weight excluding hydrogens is 294 g/mol. The lowest BCUT2D eigenvalue weighted by molar-refractivity contribution is 0.486. The molecule has 22 heavy (non-hydrogen) atoms. The standard InChI is InChI=1S/C16H25N5S/c1-12-15(13(2)21(5)19-12)11-18-16(17-3)20(4)9-8-14-7-6-10-22-14/h6-7,10H,8-9,11H2,1-5H3,(H,17,18). The molecule has 2 aromatic rings. The van der Waals surface area contributed by atoms with Gasteiger partial charge in [0.25, 0.3) is 0 Å². The van der Waals surface area contributed by atoms with Crippen LogP contribution in [-0.4, -0.2) is 41.3 Å². The molecule has 0 aliphatic carbocycles. The van der Waals surface area contributed by atoms with E-state index in [1.165, 1.54) is 16.1 Å². The molecule has 0 aliphatic heterocycles. The van der Waals surface area contributed by atoms with Crippen LogP contribution in [0.4, 0.5) is 0 Å². The summed E-state index contributed by atoms with van der Waals surface area (Å²) in [4.78, 5) is 7.95. The van der Waals surface area contributed by atoms with E-state index in [0.717, 1.165) is 31.2 Å². The minimum Gasteiger partial charge on any atom is -0.352 e. The Morgan fingerprint density at radius 2 is 2.23 bits per heavy atom. The molecule has 0 radical (unpaired) electrons. The smallest absolute Gasteiger partial charge is 0.193 e. The zero-order valence-corrected chi connectivity index (χ0v) is 14.9. The van der Waals surface area contributed by atoms with Gasteiger partial charge in [-0.2, -0.15) is 5.10 Å². The average Bonchev–Trinajstić information content (AvgIpc) is 3.09. The Morgan fingerprint density at radius 3 is 2.77 bits per heavy atom. The third kappa shape index (κ3) is 3.88. The topological polar surface area (TPSA) is 45.5 Å². The number of aryl methyl sites for hydroxylation is 2. The highest BCUT2D eigenvalue weighted by Crippen LogP contribution is 2.12. The Bertz CT molecular complexity index is 627. The predicted molar refractivity (Wildman–Crippen MR) is 93.5 cm³/mol.